The molecule has 0 radical (unpaired) electrons. The highest BCUT2D eigenvalue weighted by atomic mass is 32.2. The molecule has 0 aliphatic heterocycles. The SMILES string of the molecule is Cc1ccc(Sn2c(SCc3c(F)cccc3F)nc3ccccc32)cc1. The lowest BCUT2D eigenvalue weighted by atomic mass is 10.2. The van der Waals surface area contributed by atoms with E-state index < -0.39 is 11.6 Å². The summed E-state index contributed by atoms with van der Waals surface area (Å²) in [5.41, 5.74) is 3.09. The topological polar surface area (TPSA) is 17.8 Å². The van der Waals surface area contributed by atoms with E-state index in [0.29, 0.717) is 5.16 Å². The van der Waals surface area contributed by atoms with Gasteiger partial charge in [-0.1, -0.05) is 47.7 Å². The summed E-state index contributed by atoms with van der Waals surface area (Å²) in [4.78, 5) is 5.73. The summed E-state index contributed by atoms with van der Waals surface area (Å²) in [6.45, 7) is 2.05. The predicted octanol–water partition coefficient (Wildman–Crippen LogP) is 6.47. The highest BCUT2D eigenvalue weighted by Gasteiger charge is 2.15. The summed E-state index contributed by atoms with van der Waals surface area (Å²) in [6.07, 6.45) is 0. The highest BCUT2D eigenvalue weighted by molar-refractivity contribution is 8.01. The average Bonchev–Trinajstić information content (AvgIpc) is 3.01. The highest BCUT2D eigenvalue weighted by Crippen LogP contribution is 2.34. The minimum atomic E-state index is -0.531. The van der Waals surface area contributed by atoms with E-state index in [9.17, 15) is 8.78 Å². The van der Waals surface area contributed by atoms with Crippen LogP contribution < -0.4 is 0 Å². The van der Waals surface area contributed by atoms with Gasteiger partial charge >= 0.3 is 0 Å². The van der Waals surface area contributed by atoms with Crippen LogP contribution in [0.4, 0.5) is 8.78 Å². The number of aryl methyl sites for hydroxylation is 1. The normalized spacial score (nSPS) is 11.2. The van der Waals surface area contributed by atoms with Crippen LogP contribution in [0.1, 0.15) is 11.1 Å². The summed E-state index contributed by atoms with van der Waals surface area (Å²) in [5, 5.41) is 0.712. The van der Waals surface area contributed by atoms with Gasteiger partial charge in [0, 0.05) is 16.2 Å². The lowest BCUT2D eigenvalue weighted by Gasteiger charge is -2.09. The van der Waals surface area contributed by atoms with Crippen molar-refractivity contribution < 1.29 is 8.78 Å². The summed E-state index contributed by atoms with van der Waals surface area (Å²) < 4.78 is 29.9. The Morgan fingerprint density at radius 3 is 2.33 bits per heavy atom. The summed E-state index contributed by atoms with van der Waals surface area (Å²) in [5.74, 6) is -0.885. The van der Waals surface area contributed by atoms with Crippen molar-refractivity contribution in [3.05, 3.63) is 89.5 Å². The number of imidazole rings is 1. The zero-order valence-corrected chi connectivity index (χ0v) is 16.2. The molecule has 0 aliphatic rings. The molecule has 3 aromatic carbocycles. The van der Waals surface area contributed by atoms with Gasteiger partial charge < -0.3 is 0 Å². The maximum Gasteiger partial charge on any atom is 0.180 e. The molecule has 0 fully saturated rings. The number of hydrogen-bond donors (Lipinski definition) is 0. The van der Waals surface area contributed by atoms with Gasteiger partial charge in [-0.15, -0.1) is 0 Å². The molecule has 0 amide bonds. The van der Waals surface area contributed by atoms with Crippen molar-refractivity contribution in [2.24, 2.45) is 0 Å². The standard InChI is InChI=1S/C21H16F2N2S2/c1-14-9-11-15(12-10-14)27-25-20-8-3-2-7-19(20)24-21(25)26-13-16-17(22)5-4-6-18(16)23/h2-12H,13H2,1H3. The molecule has 0 spiro atoms. The van der Waals surface area contributed by atoms with E-state index in [1.54, 1.807) is 11.9 Å². The Morgan fingerprint density at radius 2 is 1.59 bits per heavy atom. The molecular weight excluding hydrogens is 382 g/mol. The number of hydrogen-bond acceptors (Lipinski definition) is 3. The van der Waals surface area contributed by atoms with E-state index in [1.165, 1.54) is 35.5 Å². The van der Waals surface area contributed by atoms with Gasteiger partial charge in [-0.2, -0.15) is 0 Å². The molecule has 0 bridgehead atoms. The van der Waals surface area contributed by atoms with E-state index in [2.05, 4.69) is 29.2 Å². The van der Waals surface area contributed by atoms with Crippen LogP contribution in [0.3, 0.4) is 0 Å². The van der Waals surface area contributed by atoms with E-state index in [4.69, 9.17) is 0 Å². The summed E-state index contributed by atoms with van der Waals surface area (Å²) in [7, 11) is 0. The Balaban J connectivity index is 1.68. The minimum Gasteiger partial charge on any atom is -0.256 e. The second-order valence-corrected chi connectivity index (χ2v) is 8.03. The van der Waals surface area contributed by atoms with Crippen molar-refractivity contribution in [1.82, 2.24) is 8.96 Å². The number of aromatic nitrogens is 2. The number of fused-ring (bicyclic) bond motifs is 1. The first-order valence-corrected chi connectivity index (χ1v) is 10.2. The van der Waals surface area contributed by atoms with E-state index >= 15 is 0 Å². The Kier molecular flexibility index (Phi) is 5.18. The molecule has 0 aliphatic carbocycles. The molecule has 0 saturated carbocycles. The van der Waals surface area contributed by atoms with Gasteiger partial charge in [0.2, 0.25) is 0 Å². The van der Waals surface area contributed by atoms with Crippen LogP contribution in [0.2, 0.25) is 0 Å². The van der Waals surface area contributed by atoms with Crippen LogP contribution in [0.15, 0.2) is 76.8 Å². The molecule has 1 aromatic heterocycles. The molecule has 0 N–H and O–H groups in total. The van der Waals surface area contributed by atoms with Crippen LogP contribution in [0.5, 0.6) is 0 Å². The number of para-hydroxylation sites is 2. The fourth-order valence-electron chi connectivity index (χ4n) is 2.67. The van der Waals surface area contributed by atoms with E-state index in [1.807, 2.05) is 35.2 Å². The van der Waals surface area contributed by atoms with Crippen molar-refractivity contribution in [2.45, 2.75) is 22.7 Å². The molecule has 2 nitrogen and oxygen atoms in total. The van der Waals surface area contributed by atoms with Crippen LogP contribution in [0.25, 0.3) is 11.0 Å². The molecule has 1 heterocycles. The maximum atomic E-state index is 14.0. The quantitative estimate of drug-likeness (QED) is 0.359. The largest absolute Gasteiger partial charge is 0.256 e. The number of thioether (sulfide) groups is 1. The molecule has 136 valence electrons. The third-order valence-corrected chi connectivity index (χ3v) is 6.23. The van der Waals surface area contributed by atoms with Gasteiger partial charge in [-0.05, 0) is 55.3 Å². The van der Waals surface area contributed by atoms with Gasteiger partial charge in [-0.25, -0.2) is 13.8 Å². The number of halogens is 2. The maximum absolute atomic E-state index is 14.0. The van der Waals surface area contributed by atoms with Crippen molar-refractivity contribution in [2.75, 3.05) is 0 Å². The van der Waals surface area contributed by atoms with Crippen molar-refractivity contribution in [3.8, 4) is 0 Å². The van der Waals surface area contributed by atoms with Crippen LogP contribution >= 0.6 is 23.7 Å². The molecule has 4 rings (SSSR count). The number of nitrogens with zero attached hydrogens (tertiary/aromatic N) is 2. The van der Waals surface area contributed by atoms with E-state index in [-0.39, 0.29) is 11.3 Å². The third-order valence-electron chi connectivity index (χ3n) is 4.12. The number of rotatable bonds is 5. The molecule has 6 heteroatoms. The molecular formula is C21H16F2N2S2. The van der Waals surface area contributed by atoms with Crippen molar-refractivity contribution in [3.63, 3.8) is 0 Å². The van der Waals surface area contributed by atoms with Crippen molar-refractivity contribution in [1.29, 1.82) is 0 Å². The molecule has 27 heavy (non-hydrogen) atoms. The van der Waals surface area contributed by atoms with Gasteiger partial charge in [0.05, 0.1) is 11.0 Å². The lowest BCUT2D eigenvalue weighted by Crippen LogP contribution is -1.95. The smallest absolute Gasteiger partial charge is 0.180 e. The molecule has 0 unspecified atom stereocenters. The zero-order valence-electron chi connectivity index (χ0n) is 14.5. The average molecular weight is 399 g/mol. The fourth-order valence-corrected chi connectivity index (χ4v) is 4.71. The number of benzene rings is 3. The molecule has 0 atom stereocenters. The van der Waals surface area contributed by atoms with Gasteiger partial charge in [-0.3, -0.25) is 3.97 Å². The fraction of sp³-hybridized carbons (Fsp3) is 0.0952. The first kappa shape index (κ1) is 18.1. The van der Waals surface area contributed by atoms with Crippen molar-refractivity contribution >= 4 is 34.7 Å². The molecule has 0 saturated heterocycles. The van der Waals surface area contributed by atoms with Crippen LogP contribution in [0, 0.1) is 18.6 Å². The Hall–Kier alpha value is -2.31. The van der Waals surface area contributed by atoms with Gasteiger partial charge in [0.25, 0.3) is 0 Å². The van der Waals surface area contributed by atoms with E-state index in [0.717, 1.165) is 15.9 Å². The minimum absolute atomic E-state index is 0.0708. The Labute approximate surface area is 164 Å². The van der Waals surface area contributed by atoms with Gasteiger partial charge in [0.1, 0.15) is 11.6 Å². The zero-order chi connectivity index (χ0) is 18.8. The van der Waals surface area contributed by atoms with Gasteiger partial charge in [0.15, 0.2) is 5.16 Å². The monoisotopic (exact) mass is 398 g/mol. The lowest BCUT2D eigenvalue weighted by molar-refractivity contribution is 0.566. The predicted molar refractivity (Wildman–Crippen MR) is 108 cm³/mol. The third kappa shape index (κ3) is 3.87. The first-order chi connectivity index (χ1) is 13.1. The van der Waals surface area contributed by atoms with Crippen LogP contribution in [-0.2, 0) is 5.75 Å². The van der Waals surface area contributed by atoms with Crippen LogP contribution in [-0.4, -0.2) is 8.96 Å². The second kappa shape index (κ2) is 7.74. The second-order valence-electron chi connectivity index (χ2n) is 6.07. The first-order valence-electron chi connectivity index (χ1n) is 8.40. The summed E-state index contributed by atoms with van der Waals surface area (Å²) in [6, 6.07) is 20.0. The molecule has 4 aromatic rings. The Bertz CT molecular complexity index is 1070. The summed E-state index contributed by atoms with van der Waals surface area (Å²) >= 11 is 2.88. The Morgan fingerprint density at radius 1 is 0.889 bits per heavy atom.